The number of carbonyl (C=O) groups is 1. The Bertz CT molecular complexity index is 879. The highest BCUT2D eigenvalue weighted by Crippen LogP contribution is 2.22. The predicted octanol–water partition coefficient (Wildman–Crippen LogP) is 7.33. The van der Waals surface area contributed by atoms with E-state index in [-0.39, 0.29) is 12.5 Å². The molecule has 0 aromatic carbocycles. The zero-order valence-corrected chi connectivity index (χ0v) is 31.6. The fraction of sp³-hybridized carbons (Fsp3) is 0.829. The second-order valence-electron chi connectivity index (χ2n) is 14.1. The Kier molecular flexibility index (Phi) is 29.8. The van der Waals surface area contributed by atoms with E-state index in [9.17, 15) is 30.3 Å². The van der Waals surface area contributed by atoms with Gasteiger partial charge in [-0.1, -0.05) is 140 Å². The van der Waals surface area contributed by atoms with Crippen LogP contribution in [0.2, 0.25) is 0 Å². The van der Waals surface area contributed by atoms with Gasteiger partial charge in [-0.05, 0) is 51.4 Å². The number of ether oxygens (including phenoxy) is 2. The van der Waals surface area contributed by atoms with Crippen molar-refractivity contribution in [2.75, 3.05) is 13.2 Å². The molecule has 0 spiro atoms. The van der Waals surface area contributed by atoms with E-state index in [2.05, 4.69) is 43.5 Å². The average molecular weight is 710 g/mol. The Morgan fingerprint density at radius 2 is 1.18 bits per heavy atom. The summed E-state index contributed by atoms with van der Waals surface area (Å²) in [7, 11) is 0. The number of allylic oxidation sites excluding steroid dienone is 5. The van der Waals surface area contributed by atoms with E-state index in [0.717, 1.165) is 64.2 Å². The largest absolute Gasteiger partial charge is 0.394 e. The van der Waals surface area contributed by atoms with E-state index in [1.54, 1.807) is 6.08 Å². The van der Waals surface area contributed by atoms with Gasteiger partial charge in [0.15, 0.2) is 6.29 Å². The lowest BCUT2D eigenvalue weighted by atomic mass is 9.99. The normalized spacial score (nSPS) is 22.6. The third-order valence-electron chi connectivity index (χ3n) is 9.46. The molecular weight excluding hydrogens is 634 g/mol. The summed E-state index contributed by atoms with van der Waals surface area (Å²) >= 11 is 0. The van der Waals surface area contributed by atoms with Crippen molar-refractivity contribution in [3.05, 3.63) is 36.5 Å². The second-order valence-corrected chi connectivity index (χ2v) is 14.1. The van der Waals surface area contributed by atoms with Crippen LogP contribution in [-0.4, -0.2) is 87.5 Å². The molecule has 292 valence electrons. The van der Waals surface area contributed by atoms with Crippen LogP contribution in [0.4, 0.5) is 0 Å². The highest BCUT2D eigenvalue weighted by atomic mass is 16.7. The van der Waals surface area contributed by atoms with E-state index < -0.39 is 49.5 Å². The van der Waals surface area contributed by atoms with Gasteiger partial charge < -0.3 is 40.3 Å². The maximum atomic E-state index is 12.9. The van der Waals surface area contributed by atoms with Crippen molar-refractivity contribution in [2.24, 2.45) is 0 Å². The van der Waals surface area contributed by atoms with Gasteiger partial charge in [-0.25, -0.2) is 0 Å². The maximum Gasteiger partial charge on any atom is 0.220 e. The van der Waals surface area contributed by atoms with Gasteiger partial charge in [0.05, 0.1) is 25.4 Å². The number of aliphatic hydroxyl groups is 5. The van der Waals surface area contributed by atoms with Crippen molar-refractivity contribution < 1.29 is 39.8 Å². The molecule has 0 bridgehead atoms. The SMILES string of the molecule is CCCCC/C=C\C/C=C\CCCCCCCC(=O)NC(COC1OC(CO)C(O)C(O)C1O)C(O)/C=C/CCCCCCCCCCCC. The average Bonchev–Trinajstić information content (AvgIpc) is 3.11. The van der Waals surface area contributed by atoms with E-state index in [4.69, 9.17) is 9.47 Å². The first-order chi connectivity index (χ1) is 24.3. The Morgan fingerprint density at radius 3 is 1.76 bits per heavy atom. The number of hydrogen-bond donors (Lipinski definition) is 6. The maximum absolute atomic E-state index is 12.9. The summed E-state index contributed by atoms with van der Waals surface area (Å²) in [5, 5.41) is 53.9. The van der Waals surface area contributed by atoms with Crippen LogP contribution < -0.4 is 5.32 Å². The number of unbranched alkanes of at least 4 members (excludes halogenated alkanes) is 18. The molecule has 9 nitrogen and oxygen atoms in total. The fourth-order valence-electron chi connectivity index (χ4n) is 6.12. The highest BCUT2D eigenvalue weighted by Gasteiger charge is 2.44. The summed E-state index contributed by atoms with van der Waals surface area (Å²) in [5.74, 6) is -0.194. The number of amides is 1. The smallest absolute Gasteiger partial charge is 0.220 e. The van der Waals surface area contributed by atoms with Crippen LogP contribution in [0.1, 0.15) is 162 Å². The van der Waals surface area contributed by atoms with E-state index >= 15 is 0 Å². The summed E-state index contributed by atoms with van der Waals surface area (Å²) in [5.41, 5.74) is 0. The van der Waals surface area contributed by atoms with Crippen molar-refractivity contribution in [2.45, 2.75) is 204 Å². The lowest BCUT2D eigenvalue weighted by molar-refractivity contribution is -0.302. The molecular formula is C41H75NO8. The van der Waals surface area contributed by atoms with Gasteiger partial charge in [0, 0.05) is 6.42 Å². The second kappa shape index (κ2) is 32.1. The standard InChI is InChI=1S/C41H75NO8/c1-3-5-7-9-11-13-15-17-18-19-21-23-25-27-29-31-37(45)42-34(33-49-41-40(48)39(47)38(46)36(32-43)50-41)35(44)30-28-26-24-22-20-16-14-12-10-8-6-4-2/h11,13,17-18,28,30,34-36,38-41,43-44,46-48H,3-10,12,14-16,19-27,29,31-33H2,1-2H3,(H,42,45)/b13-11-,18-17-,30-28+. The Labute approximate surface area is 304 Å². The first-order valence-corrected chi connectivity index (χ1v) is 20.2. The summed E-state index contributed by atoms with van der Waals surface area (Å²) < 4.78 is 11.2. The minimum atomic E-state index is -1.57. The summed E-state index contributed by atoms with van der Waals surface area (Å²) in [6, 6.07) is -0.809. The van der Waals surface area contributed by atoms with E-state index in [1.165, 1.54) is 77.0 Å². The van der Waals surface area contributed by atoms with Crippen molar-refractivity contribution >= 4 is 5.91 Å². The van der Waals surface area contributed by atoms with Crippen LogP contribution >= 0.6 is 0 Å². The van der Waals surface area contributed by atoms with Gasteiger partial charge in [-0.15, -0.1) is 0 Å². The zero-order chi connectivity index (χ0) is 36.7. The van der Waals surface area contributed by atoms with Crippen molar-refractivity contribution in [3.8, 4) is 0 Å². The Balaban J connectivity index is 2.45. The van der Waals surface area contributed by atoms with Gasteiger partial charge >= 0.3 is 0 Å². The van der Waals surface area contributed by atoms with Crippen LogP contribution in [0, 0.1) is 0 Å². The summed E-state index contributed by atoms with van der Waals surface area (Å²) in [6.07, 6.45) is 30.3. The Hall–Kier alpha value is -1.59. The topological polar surface area (TPSA) is 149 Å². The van der Waals surface area contributed by atoms with Crippen molar-refractivity contribution in [3.63, 3.8) is 0 Å². The quantitative estimate of drug-likeness (QED) is 0.0314. The minimum absolute atomic E-state index is 0.194. The molecule has 0 saturated carbocycles. The fourth-order valence-corrected chi connectivity index (χ4v) is 6.12. The first-order valence-electron chi connectivity index (χ1n) is 20.2. The van der Waals surface area contributed by atoms with E-state index in [0.29, 0.717) is 6.42 Å². The third-order valence-corrected chi connectivity index (χ3v) is 9.46. The van der Waals surface area contributed by atoms with E-state index in [1.807, 2.05) is 6.08 Å². The lowest BCUT2D eigenvalue weighted by Crippen LogP contribution is -2.60. The van der Waals surface area contributed by atoms with Crippen LogP contribution in [0.15, 0.2) is 36.5 Å². The van der Waals surface area contributed by atoms with Crippen LogP contribution in [0.3, 0.4) is 0 Å². The molecule has 1 rings (SSSR count). The van der Waals surface area contributed by atoms with Gasteiger partial charge in [0.2, 0.25) is 5.91 Å². The molecule has 0 aromatic heterocycles. The molecule has 0 radical (unpaired) electrons. The van der Waals surface area contributed by atoms with Crippen LogP contribution in [0.5, 0.6) is 0 Å². The van der Waals surface area contributed by atoms with Crippen LogP contribution in [-0.2, 0) is 14.3 Å². The molecule has 1 fully saturated rings. The molecule has 6 N–H and O–H groups in total. The predicted molar refractivity (Wildman–Crippen MR) is 203 cm³/mol. The lowest BCUT2D eigenvalue weighted by Gasteiger charge is -2.40. The molecule has 1 aliphatic heterocycles. The van der Waals surface area contributed by atoms with Crippen LogP contribution in [0.25, 0.3) is 0 Å². The monoisotopic (exact) mass is 710 g/mol. The molecule has 7 unspecified atom stereocenters. The summed E-state index contributed by atoms with van der Waals surface area (Å²) in [4.78, 5) is 12.9. The molecule has 1 heterocycles. The summed E-state index contributed by atoms with van der Waals surface area (Å²) in [6.45, 7) is 3.70. The third kappa shape index (κ3) is 23.1. The minimum Gasteiger partial charge on any atom is -0.394 e. The number of nitrogens with one attached hydrogen (secondary N) is 1. The van der Waals surface area contributed by atoms with Gasteiger partial charge in [-0.2, -0.15) is 0 Å². The molecule has 7 atom stereocenters. The molecule has 0 aliphatic carbocycles. The highest BCUT2D eigenvalue weighted by molar-refractivity contribution is 5.76. The van der Waals surface area contributed by atoms with Gasteiger partial charge in [0.1, 0.15) is 24.4 Å². The molecule has 50 heavy (non-hydrogen) atoms. The van der Waals surface area contributed by atoms with Gasteiger partial charge in [-0.3, -0.25) is 4.79 Å². The van der Waals surface area contributed by atoms with Crippen molar-refractivity contribution in [1.82, 2.24) is 5.32 Å². The first kappa shape index (κ1) is 46.4. The molecule has 1 aliphatic rings. The molecule has 1 amide bonds. The molecule has 0 aromatic rings. The molecule has 9 heteroatoms. The number of rotatable bonds is 32. The zero-order valence-electron chi connectivity index (χ0n) is 31.6. The Morgan fingerprint density at radius 1 is 0.680 bits per heavy atom. The van der Waals surface area contributed by atoms with Gasteiger partial charge in [0.25, 0.3) is 0 Å². The van der Waals surface area contributed by atoms with Crippen molar-refractivity contribution in [1.29, 1.82) is 0 Å². The number of carbonyl (C=O) groups excluding carboxylic acids is 1. The number of hydrogen-bond acceptors (Lipinski definition) is 8. The molecule has 1 saturated heterocycles. The number of aliphatic hydroxyl groups excluding tert-OH is 5.